The van der Waals surface area contributed by atoms with Crippen LogP contribution in [0.3, 0.4) is 0 Å². The number of amides is 1. The van der Waals surface area contributed by atoms with E-state index in [1.165, 1.54) is 5.56 Å². The van der Waals surface area contributed by atoms with E-state index < -0.39 is 0 Å². The summed E-state index contributed by atoms with van der Waals surface area (Å²) in [5, 5.41) is 0.360. The fourth-order valence-electron chi connectivity index (χ4n) is 1.19. The third-order valence-corrected chi connectivity index (χ3v) is 2.70. The van der Waals surface area contributed by atoms with Gasteiger partial charge in [0, 0.05) is 12.7 Å². The average molecular weight is 256 g/mol. The zero-order chi connectivity index (χ0) is 10.6. The van der Waals surface area contributed by atoms with Gasteiger partial charge in [0.2, 0.25) is 5.91 Å². The van der Waals surface area contributed by atoms with Crippen LogP contribution in [-0.4, -0.2) is 18.3 Å². The van der Waals surface area contributed by atoms with Gasteiger partial charge in [0.05, 0.1) is 5.33 Å². The molecule has 0 bridgehead atoms. The largest absolute Gasteiger partial charge is 0.315 e. The Labute approximate surface area is 93.0 Å². The van der Waals surface area contributed by atoms with Crippen LogP contribution in [0.2, 0.25) is 0 Å². The molecule has 3 heteroatoms. The fourth-order valence-corrected chi connectivity index (χ4v) is 1.57. The monoisotopic (exact) mass is 255 g/mol. The number of anilines is 1. The first kappa shape index (κ1) is 11.2. The Balaban J connectivity index is 2.81. The van der Waals surface area contributed by atoms with Gasteiger partial charge in [-0.05, 0) is 24.1 Å². The van der Waals surface area contributed by atoms with Gasteiger partial charge in [0.1, 0.15) is 0 Å². The standard InChI is InChI=1S/C11H14BrNO/c1-3-9-4-6-10(7-5-9)13(2)11(14)8-12/h4-7H,3,8H2,1-2H3. The molecule has 1 aromatic carbocycles. The lowest BCUT2D eigenvalue weighted by Gasteiger charge is -2.16. The smallest absolute Gasteiger partial charge is 0.237 e. The molecule has 14 heavy (non-hydrogen) atoms. The number of alkyl halides is 1. The van der Waals surface area contributed by atoms with E-state index in [4.69, 9.17) is 0 Å². The Morgan fingerprint density at radius 1 is 1.36 bits per heavy atom. The van der Waals surface area contributed by atoms with E-state index in [9.17, 15) is 4.79 Å². The van der Waals surface area contributed by atoms with E-state index in [0.29, 0.717) is 5.33 Å². The first-order valence-corrected chi connectivity index (χ1v) is 5.72. The van der Waals surface area contributed by atoms with Crippen molar-refractivity contribution in [1.29, 1.82) is 0 Å². The van der Waals surface area contributed by atoms with Gasteiger partial charge in [-0.2, -0.15) is 0 Å². The van der Waals surface area contributed by atoms with E-state index in [0.717, 1.165) is 12.1 Å². The topological polar surface area (TPSA) is 20.3 Å². The number of hydrogen-bond donors (Lipinski definition) is 0. The van der Waals surface area contributed by atoms with Gasteiger partial charge in [-0.25, -0.2) is 0 Å². The number of hydrogen-bond acceptors (Lipinski definition) is 1. The Bertz CT molecular complexity index is 308. The quantitative estimate of drug-likeness (QED) is 0.761. The minimum atomic E-state index is 0.0641. The van der Waals surface area contributed by atoms with Crippen molar-refractivity contribution in [2.45, 2.75) is 13.3 Å². The molecular weight excluding hydrogens is 242 g/mol. The minimum absolute atomic E-state index is 0.0641. The maximum Gasteiger partial charge on any atom is 0.237 e. The lowest BCUT2D eigenvalue weighted by Crippen LogP contribution is -2.26. The predicted octanol–water partition coefficient (Wildman–Crippen LogP) is 2.61. The highest BCUT2D eigenvalue weighted by atomic mass is 79.9. The molecule has 1 rings (SSSR count). The molecule has 0 radical (unpaired) electrons. The Kier molecular flexibility index (Phi) is 4.14. The third-order valence-electron chi connectivity index (χ3n) is 2.22. The zero-order valence-electron chi connectivity index (χ0n) is 8.46. The molecule has 0 aliphatic rings. The van der Waals surface area contributed by atoms with E-state index in [2.05, 4.69) is 22.9 Å². The molecule has 0 saturated carbocycles. The first-order valence-electron chi connectivity index (χ1n) is 4.60. The van der Waals surface area contributed by atoms with Crippen LogP contribution in [0.4, 0.5) is 5.69 Å². The van der Waals surface area contributed by atoms with Crippen LogP contribution in [0.25, 0.3) is 0 Å². The summed E-state index contributed by atoms with van der Waals surface area (Å²) in [5.41, 5.74) is 2.22. The molecule has 0 saturated heterocycles. The minimum Gasteiger partial charge on any atom is -0.315 e. The summed E-state index contributed by atoms with van der Waals surface area (Å²) in [7, 11) is 1.78. The molecule has 0 unspecified atom stereocenters. The zero-order valence-corrected chi connectivity index (χ0v) is 10.0. The van der Waals surface area contributed by atoms with Gasteiger partial charge in [0.25, 0.3) is 0 Å². The SMILES string of the molecule is CCc1ccc(N(C)C(=O)CBr)cc1. The van der Waals surface area contributed by atoms with Crippen molar-refractivity contribution in [2.24, 2.45) is 0 Å². The first-order chi connectivity index (χ1) is 6.69. The summed E-state index contributed by atoms with van der Waals surface area (Å²) in [5.74, 6) is 0.0641. The molecule has 0 atom stereocenters. The summed E-state index contributed by atoms with van der Waals surface area (Å²) in [6.07, 6.45) is 1.02. The van der Waals surface area contributed by atoms with Crippen LogP contribution in [0.15, 0.2) is 24.3 Å². The van der Waals surface area contributed by atoms with E-state index in [-0.39, 0.29) is 5.91 Å². The second-order valence-corrected chi connectivity index (χ2v) is 3.67. The summed E-state index contributed by atoms with van der Waals surface area (Å²) < 4.78 is 0. The van der Waals surface area contributed by atoms with Crippen molar-refractivity contribution < 1.29 is 4.79 Å². The predicted molar refractivity (Wildman–Crippen MR) is 63.0 cm³/mol. The number of aryl methyl sites for hydroxylation is 1. The normalized spacial score (nSPS) is 9.93. The highest BCUT2D eigenvalue weighted by Crippen LogP contribution is 2.14. The van der Waals surface area contributed by atoms with E-state index >= 15 is 0 Å². The molecular formula is C11H14BrNO. The Morgan fingerprint density at radius 2 is 1.93 bits per heavy atom. The molecule has 1 aromatic rings. The van der Waals surface area contributed by atoms with Crippen molar-refractivity contribution in [1.82, 2.24) is 0 Å². The summed E-state index contributed by atoms with van der Waals surface area (Å²) in [6.45, 7) is 2.11. The lowest BCUT2D eigenvalue weighted by molar-refractivity contribution is -0.115. The van der Waals surface area contributed by atoms with Gasteiger partial charge in [0.15, 0.2) is 0 Å². The molecule has 0 heterocycles. The van der Waals surface area contributed by atoms with E-state index in [1.54, 1.807) is 11.9 Å². The molecule has 0 aliphatic carbocycles. The second kappa shape index (κ2) is 5.15. The van der Waals surface area contributed by atoms with Gasteiger partial charge in [-0.3, -0.25) is 4.79 Å². The highest BCUT2D eigenvalue weighted by Gasteiger charge is 2.07. The maximum atomic E-state index is 11.3. The van der Waals surface area contributed by atoms with E-state index in [1.807, 2.05) is 24.3 Å². The molecule has 2 nitrogen and oxygen atoms in total. The second-order valence-electron chi connectivity index (χ2n) is 3.11. The third kappa shape index (κ3) is 2.58. The number of carbonyl (C=O) groups is 1. The van der Waals surface area contributed by atoms with Crippen molar-refractivity contribution in [2.75, 3.05) is 17.3 Å². The van der Waals surface area contributed by atoms with Crippen molar-refractivity contribution in [3.8, 4) is 0 Å². The van der Waals surface area contributed by atoms with Crippen molar-refractivity contribution in [3.05, 3.63) is 29.8 Å². The summed E-state index contributed by atoms with van der Waals surface area (Å²) in [6, 6.07) is 8.04. The number of nitrogens with zero attached hydrogens (tertiary/aromatic N) is 1. The van der Waals surface area contributed by atoms with Crippen molar-refractivity contribution in [3.63, 3.8) is 0 Å². The average Bonchev–Trinajstić information content (AvgIpc) is 2.27. The number of carbonyl (C=O) groups excluding carboxylic acids is 1. The molecule has 0 aromatic heterocycles. The fraction of sp³-hybridized carbons (Fsp3) is 0.364. The van der Waals surface area contributed by atoms with Crippen LogP contribution < -0.4 is 4.90 Å². The van der Waals surface area contributed by atoms with Crippen LogP contribution >= 0.6 is 15.9 Å². The number of benzene rings is 1. The molecule has 0 fully saturated rings. The molecule has 0 aliphatic heterocycles. The summed E-state index contributed by atoms with van der Waals surface area (Å²) >= 11 is 3.15. The van der Waals surface area contributed by atoms with Crippen LogP contribution in [-0.2, 0) is 11.2 Å². The number of rotatable bonds is 3. The highest BCUT2D eigenvalue weighted by molar-refractivity contribution is 9.09. The van der Waals surface area contributed by atoms with Crippen LogP contribution in [0.1, 0.15) is 12.5 Å². The summed E-state index contributed by atoms with van der Waals surface area (Å²) in [4.78, 5) is 13.0. The van der Waals surface area contributed by atoms with Gasteiger partial charge < -0.3 is 4.90 Å². The van der Waals surface area contributed by atoms with Crippen molar-refractivity contribution >= 4 is 27.5 Å². The Morgan fingerprint density at radius 3 is 2.36 bits per heavy atom. The Hall–Kier alpha value is -0.830. The molecule has 0 spiro atoms. The molecule has 76 valence electrons. The number of halogens is 1. The van der Waals surface area contributed by atoms with Crippen LogP contribution in [0, 0.1) is 0 Å². The van der Waals surface area contributed by atoms with Gasteiger partial charge in [-0.1, -0.05) is 35.0 Å². The van der Waals surface area contributed by atoms with Gasteiger partial charge >= 0.3 is 0 Å². The lowest BCUT2D eigenvalue weighted by atomic mass is 10.1. The van der Waals surface area contributed by atoms with Crippen LogP contribution in [0.5, 0.6) is 0 Å². The van der Waals surface area contributed by atoms with Gasteiger partial charge in [-0.15, -0.1) is 0 Å². The molecule has 0 N–H and O–H groups in total. The molecule has 1 amide bonds. The maximum absolute atomic E-state index is 11.3.